The number of amides is 1. The van der Waals surface area contributed by atoms with Gasteiger partial charge in [-0.05, 0) is 13.0 Å². The predicted molar refractivity (Wildman–Crippen MR) is 64.6 cm³/mol. The third kappa shape index (κ3) is 3.72. The number of carbonyl (C=O) groups excluding carboxylic acids is 1. The van der Waals surface area contributed by atoms with E-state index in [2.05, 4.69) is 5.32 Å². The molecule has 0 aromatic heterocycles. The van der Waals surface area contributed by atoms with E-state index in [-0.39, 0.29) is 12.5 Å². The molecule has 0 spiro atoms. The van der Waals surface area contributed by atoms with Crippen LogP contribution >= 0.6 is 0 Å². The summed E-state index contributed by atoms with van der Waals surface area (Å²) in [6.45, 7) is 1.70. The largest absolute Gasteiger partial charge is 0.496 e. The summed E-state index contributed by atoms with van der Waals surface area (Å²) in [4.78, 5) is 11.3. The molecular formula is C12H18N2O3. The highest BCUT2D eigenvalue weighted by Crippen LogP contribution is 2.23. The average Bonchev–Trinajstić information content (AvgIpc) is 2.35. The quantitative estimate of drug-likeness (QED) is 0.683. The number of aliphatic hydroxyl groups is 1. The molecule has 0 fully saturated rings. The third-order valence-corrected chi connectivity index (χ3v) is 2.38. The Kier molecular flexibility index (Phi) is 4.93. The smallest absolute Gasteiger partial charge is 0.236 e. The molecule has 1 amide bonds. The lowest BCUT2D eigenvalue weighted by atomic mass is 10.1. The van der Waals surface area contributed by atoms with Gasteiger partial charge in [0.1, 0.15) is 5.75 Å². The maximum Gasteiger partial charge on any atom is 0.236 e. The van der Waals surface area contributed by atoms with Crippen molar-refractivity contribution in [1.82, 2.24) is 5.32 Å². The Morgan fingerprint density at radius 2 is 2.18 bits per heavy atom. The number of nitrogens with one attached hydrogen (secondary N) is 1. The number of carbonyl (C=O) groups is 1. The van der Waals surface area contributed by atoms with E-state index in [1.807, 2.05) is 6.07 Å². The van der Waals surface area contributed by atoms with Gasteiger partial charge in [-0.15, -0.1) is 0 Å². The summed E-state index contributed by atoms with van der Waals surface area (Å²) in [7, 11) is 1.53. The van der Waals surface area contributed by atoms with Crippen LogP contribution in [0.5, 0.6) is 5.75 Å². The fourth-order valence-corrected chi connectivity index (χ4v) is 1.41. The van der Waals surface area contributed by atoms with Crippen molar-refractivity contribution in [3.63, 3.8) is 0 Å². The van der Waals surface area contributed by atoms with Crippen LogP contribution in [0.3, 0.4) is 0 Å². The van der Waals surface area contributed by atoms with Crippen molar-refractivity contribution >= 4 is 5.91 Å². The fourth-order valence-electron chi connectivity index (χ4n) is 1.41. The molecule has 94 valence electrons. The molecule has 5 nitrogen and oxygen atoms in total. The molecule has 0 aliphatic carbocycles. The molecule has 0 aliphatic heterocycles. The Hall–Kier alpha value is -1.59. The first-order valence-electron chi connectivity index (χ1n) is 5.40. The number of para-hydroxylation sites is 1. The number of hydrogen-bond acceptors (Lipinski definition) is 4. The van der Waals surface area contributed by atoms with Gasteiger partial charge in [0.2, 0.25) is 5.91 Å². The molecule has 5 heteroatoms. The second-order valence-corrected chi connectivity index (χ2v) is 3.79. The van der Waals surface area contributed by atoms with Gasteiger partial charge in [0, 0.05) is 12.1 Å². The maximum atomic E-state index is 11.3. The van der Waals surface area contributed by atoms with Gasteiger partial charge >= 0.3 is 0 Å². The fraction of sp³-hybridized carbons (Fsp3) is 0.417. The highest BCUT2D eigenvalue weighted by molar-refractivity contribution is 5.80. The van der Waals surface area contributed by atoms with Crippen LogP contribution in [-0.4, -0.2) is 30.7 Å². The topological polar surface area (TPSA) is 84.6 Å². The molecule has 1 aromatic carbocycles. The molecule has 0 radical (unpaired) electrons. The number of aliphatic hydroxyl groups excluding tert-OH is 1. The van der Waals surface area contributed by atoms with Crippen molar-refractivity contribution in [2.45, 2.75) is 19.1 Å². The van der Waals surface area contributed by atoms with Crippen LogP contribution in [0.4, 0.5) is 0 Å². The molecular weight excluding hydrogens is 220 g/mol. The molecule has 4 N–H and O–H groups in total. The lowest BCUT2D eigenvalue weighted by molar-refractivity contribution is -0.122. The van der Waals surface area contributed by atoms with E-state index in [0.717, 1.165) is 0 Å². The molecule has 0 heterocycles. The van der Waals surface area contributed by atoms with Gasteiger partial charge in [0.25, 0.3) is 0 Å². The summed E-state index contributed by atoms with van der Waals surface area (Å²) in [5, 5.41) is 12.5. The van der Waals surface area contributed by atoms with Gasteiger partial charge in [-0.25, -0.2) is 0 Å². The minimum absolute atomic E-state index is 0.112. The first-order chi connectivity index (χ1) is 8.06. The van der Waals surface area contributed by atoms with Crippen molar-refractivity contribution < 1.29 is 14.6 Å². The zero-order chi connectivity index (χ0) is 12.8. The third-order valence-electron chi connectivity index (χ3n) is 2.38. The van der Waals surface area contributed by atoms with Gasteiger partial charge in [0.05, 0.1) is 19.3 Å². The van der Waals surface area contributed by atoms with E-state index < -0.39 is 12.1 Å². The van der Waals surface area contributed by atoms with Crippen molar-refractivity contribution in [3.05, 3.63) is 29.8 Å². The average molecular weight is 238 g/mol. The molecule has 1 rings (SSSR count). The number of nitrogens with two attached hydrogens (primary N) is 1. The molecule has 1 aromatic rings. The Morgan fingerprint density at radius 1 is 1.53 bits per heavy atom. The van der Waals surface area contributed by atoms with E-state index in [1.165, 1.54) is 7.11 Å². The van der Waals surface area contributed by atoms with Crippen molar-refractivity contribution in [2.24, 2.45) is 5.73 Å². The number of hydrogen-bond donors (Lipinski definition) is 3. The molecule has 0 bridgehead atoms. The lowest BCUT2D eigenvalue weighted by Crippen LogP contribution is -2.40. The van der Waals surface area contributed by atoms with Crippen LogP contribution in [0.1, 0.15) is 18.6 Å². The molecule has 17 heavy (non-hydrogen) atoms. The summed E-state index contributed by atoms with van der Waals surface area (Å²) in [5.74, 6) is 0.300. The minimum atomic E-state index is -0.811. The highest BCUT2D eigenvalue weighted by Gasteiger charge is 2.14. The zero-order valence-corrected chi connectivity index (χ0v) is 10.0. The van der Waals surface area contributed by atoms with Gasteiger partial charge < -0.3 is 20.9 Å². The number of benzene rings is 1. The van der Waals surface area contributed by atoms with Crippen LogP contribution in [0.15, 0.2) is 24.3 Å². The van der Waals surface area contributed by atoms with Crippen LogP contribution in [-0.2, 0) is 4.79 Å². The van der Waals surface area contributed by atoms with Crippen molar-refractivity contribution in [3.8, 4) is 5.75 Å². The number of methoxy groups -OCH3 is 1. The SMILES string of the molecule is COc1ccccc1C(O)CNC(=O)[C@@H](C)N. The second-order valence-electron chi connectivity index (χ2n) is 3.79. The summed E-state index contributed by atoms with van der Waals surface area (Å²) in [6.07, 6.45) is -0.811. The maximum absolute atomic E-state index is 11.3. The standard InChI is InChI=1S/C12H18N2O3/c1-8(13)12(16)14-7-10(15)9-5-3-4-6-11(9)17-2/h3-6,8,10,15H,7,13H2,1-2H3,(H,14,16)/t8-,10?/m1/s1. The monoisotopic (exact) mass is 238 g/mol. The summed E-state index contributed by atoms with van der Waals surface area (Å²) in [5.41, 5.74) is 6.04. The zero-order valence-electron chi connectivity index (χ0n) is 10.0. The van der Waals surface area contributed by atoms with E-state index in [4.69, 9.17) is 10.5 Å². The van der Waals surface area contributed by atoms with Crippen molar-refractivity contribution in [2.75, 3.05) is 13.7 Å². The van der Waals surface area contributed by atoms with Crippen LogP contribution in [0.25, 0.3) is 0 Å². The molecule has 0 aliphatic rings. The predicted octanol–water partition coefficient (Wildman–Crippen LogP) is 0.192. The number of rotatable bonds is 5. The van der Waals surface area contributed by atoms with E-state index in [9.17, 15) is 9.90 Å². The highest BCUT2D eigenvalue weighted by atomic mass is 16.5. The number of ether oxygens (including phenoxy) is 1. The summed E-state index contributed by atoms with van der Waals surface area (Å²) in [6, 6.07) is 6.54. The lowest BCUT2D eigenvalue weighted by Gasteiger charge is -2.16. The first kappa shape index (κ1) is 13.5. The summed E-state index contributed by atoms with van der Waals surface area (Å²) < 4.78 is 5.12. The Balaban J connectivity index is 2.63. The molecule has 1 unspecified atom stereocenters. The van der Waals surface area contributed by atoms with Crippen LogP contribution in [0, 0.1) is 0 Å². The van der Waals surface area contributed by atoms with Crippen LogP contribution in [0.2, 0.25) is 0 Å². The molecule has 0 saturated heterocycles. The van der Waals surface area contributed by atoms with Crippen LogP contribution < -0.4 is 15.8 Å². The minimum Gasteiger partial charge on any atom is -0.496 e. The van der Waals surface area contributed by atoms with Gasteiger partial charge in [0.15, 0.2) is 0 Å². The Morgan fingerprint density at radius 3 is 2.76 bits per heavy atom. The normalized spacial score (nSPS) is 13.9. The summed E-state index contributed by atoms with van der Waals surface area (Å²) >= 11 is 0. The second kappa shape index (κ2) is 6.22. The first-order valence-corrected chi connectivity index (χ1v) is 5.40. The molecule has 0 saturated carbocycles. The van der Waals surface area contributed by atoms with Crippen molar-refractivity contribution in [1.29, 1.82) is 0 Å². The van der Waals surface area contributed by atoms with Gasteiger partial charge in [-0.1, -0.05) is 18.2 Å². The Bertz CT molecular complexity index is 380. The van der Waals surface area contributed by atoms with E-state index in [1.54, 1.807) is 25.1 Å². The molecule has 2 atom stereocenters. The van der Waals surface area contributed by atoms with Gasteiger partial charge in [-0.3, -0.25) is 4.79 Å². The van der Waals surface area contributed by atoms with E-state index in [0.29, 0.717) is 11.3 Å². The van der Waals surface area contributed by atoms with Gasteiger partial charge in [-0.2, -0.15) is 0 Å². The Labute approximate surface area is 101 Å². The van der Waals surface area contributed by atoms with E-state index >= 15 is 0 Å².